The van der Waals surface area contributed by atoms with Crippen LogP contribution < -0.4 is 0 Å². The highest BCUT2D eigenvalue weighted by Crippen LogP contribution is 2.38. The molecular weight excluding hydrogens is 345 g/mol. The molecule has 0 radical (unpaired) electrons. The molecule has 1 fully saturated rings. The van der Waals surface area contributed by atoms with Crippen LogP contribution in [0.1, 0.15) is 50.0 Å². The Hall–Kier alpha value is -2.29. The van der Waals surface area contributed by atoms with E-state index in [2.05, 4.69) is 12.7 Å². The predicted octanol–water partition coefficient (Wildman–Crippen LogP) is 7.57. The van der Waals surface area contributed by atoms with Gasteiger partial charge in [-0.3, -0.25) is 0 Å². The second kappa shape index (κ2) is 9.07. The van der Waals surface area contributed by atoms with Gasteiger partial charge in [0, 0.05) is 0 Å². The molecule has 142 valence electrons. The van der Waals surface area contributed by atoms with Crippen LogP contribution in [0, 0.1) is 23.4 Å². The molecule has 2 aromatic rings. The molecule has 0 atom stereocenters. The average Bonchev–Trinajstić information content (AvgIpc) is 2.70. The number of halogens is 3. The predicted molar refractivity (Wildman–Crippen MR) is 105 cm³/mol. The van der Waals surface area contributed by atoms with Crippen LogP contribution in [0.15, 0.2) is 61.2 Å². The number of benzene rings is 2. The van der Waals surface area contributed by atoms with Crippen LogP contribution in [0.2, 0.25) is 0 Å². The van der Waals surface area contributed by atoms with Gasteiger partial charge >= 0.3 is 0 Å². The molecule has 3 rings (SSSR count). The van der Waals surface area contributed by atoms with Gasteiger partial charge in [0.15, 0.2) is 17.5 Å². The monoisotopic (exact) mass is 370 g/mol. The van der Waals surface area contributed by atoms with Crippen LogP contribution in [0.3, 0.4) is 0 Å². The average molecular weight is 370 g/mol. The van der Waals surface area contributed by atoms with Crippen molar-refractivity contribution >= 4 is 0 Å². The molecule has 0 nitrogen and oxygen atoms in total. The van der Waals surface area contributed by atoms with Gasteiger partial charge in [0.2, 0.25) is 0 Å². The van der Waals surface area contributed by atoms with Crippen LogP contribution in [-0.2, 0) is 0 Å². The number of hydrogen-bond acceptors (Lipinski definition) is 0. The summed E-state index contributed by atoms with van der Waals surface area (Å²) >= 11 is 0. The van der Waals surface area contributed by atoms with Gasteiger partial charge in [0.05, 0.1) is 0 Å². The summed E-state index contributed by atoms with van der Waals surface area (Å²) in [7, 11) is 0. The van der Waals surface area contributed by atoms with E-state index >= 15 is 0 Å². The lowest BCUT2D eigenvalue weighted by atomic mass is 9.77. The maximum absolute atomic E-state index is 13.4. The molecular formula is C24H25F3. The second-order valence-electron chi connectivity index (χ2n) is 7.33. The molecule has 27 heavy (non-hydrogen) atoms. The van der Waals surface area contributed by atoms with Crippen molar-refractivity contribution in [2.45, 2.75) is 44.4 Å². The Morgan fingerprint density at radius 1 is 0.889 bits per heavy atom. The highest BCUT2D eigenvalue weighted by molar-refractivity contribution is 5.64. The summed E-state index contributed by atoms with van der Waals surface area (Å²) in [6, 6.07) is 9.89. The van der Waals surface area contributed by atoms with Crippen molar-refractivity contribution in [1.82, 2.24) is 0 Å². The van der Waals surface area contributed by atoms with Gasteiger partial charge in [-0.2, -0.15) is 0 Å². The SMILES string of the molecule is C=CC=CCCC1CCC(c2ccc(-c3cc(F)c(F)c(F)c3)cc2)CC1. The van der Waals surface area contributed by atoms with E-state index in [1.54, 1.807) is 0 Å². The van der Waals surface area contributed by atoms with Crippen LogP contribution in [0.5, 0.6) is 0 Å². The molecule has 0 aliphatic heterocycles. The highest BCUT2D eigenvalue weighted by atomic mass is 19.2. The highest BCUT2D eigenvalue weighted by Gasteiger charge is 2.22. The molecule has 1 aliphatic rings. The summed E-state index contributed by atoms with van der Waals surface area (Å²) in [5, 5.41) is 0. The van der Waals surface area contributed by atoms with Crippen LogP contribution in [0.4, 0.5) is 13.2 Å². The minimum Gasteiger partial charge on any atom is -0.204 e. The van der Waals surface area contributed by atoms with Crippen LogP contribution >= 0.6 is 0 Å². The van der Waals surface area contributed by atoms with E-state index in [0.717, 1.165) is 24.5 Å². The fraction of sp³-hybridized carbons (Fsp3) is 0.333. The first-order valence-electron chi connectivity index (χ1n) is 9.61. The fourth-order valence-corrected chi connectivity index (χ4v) is 3.98. The summed E-state index contributed by atoms with van der Waals surface area (Å²) in [4.78, 5) is 0. The van der Waals surface area contributed by atoms with Crippen molar-refractivity contribution in [2.24, 2.45) is 5.92 Å². The largest absolute Gasteiger partial charge is 0.204 e. The van der Waals surface area contributed by atoms with E-state index in [1.807, 2.05) is 36.4 Å². The summed E-state index contributed by atoms with van der Waals surface area (Å²) in [6.07, 6.45) is 13.2. The zero-order chi connectivity index (χ0) is 19.2. The summed E-state index contributed by atoms with van der Waals surface area (Å²) < 4.78 is 40.0. The number of rotatable bonds is 6. The molecule has 0 amide bonds. The molecule has 1 saturated carbocycles. The fourth-order valence-electron chi connectivity index (χ4n) is 3.98. The standard InChI is InChI=1S/C24H25F3/c1-2-3-4-5-6-17-7-9-18(10-8-17)19-11-13-20(14-12-19)21-15-22(25)24(27)23(26)16-21/h2-4,11-18H,1,5-10H2. The molecule has 0 aromatic heterocycles. The van der Waals surface area contributed by atoms with Gasteiger partial charge in [0.1, 0.15) is 0 Å². The van der Waals surface area contributed by atoms with Gasteiger partial charge in [-0.05, 0) is 79.2 Å². The van der Waals surface area contributed by atoms with Crippen molar-refractivity contribution in [2.75, 3.05) is 0 Å². The van der Waals surface area contributed by atoms with Crippen molar-refractivity contribution in [3.63, 3.8) is 0 Å². The Morgan fingerprint density at radius 3 is 2.11 bits per heavy atom. The van der Waals surface area contributed by atoms with Crippen LogP contribution in [-0.4, -0.2) is 0 Å². The molecule has 0 heterocycles. The Kier molecular flexibility index (Phi) is 6.54. The molecule has 0 bridgehead atoms. The van der Waals surface area contributed by atoms with E-state index in [1.165, 1.54) is 37.7 Å². The van der Waals surface area contributed by atoms with E-state index in [-0.39, 0.29) is 0 Å². The molecule has 0 saturated heterocycles. The maximum Gasteiger partial charge on any atom is 0.194 e. The number of allylic oxidation sites excluding steroid dienone is 3. The van der Waals surface area contributed by atoms with E-state index in [4.69, 9.17) is 0 Å². The molecule has 0 unspecified atom stereocenters. The minimum atomic E-state index is -1.42. The van der Waals surface area contributed by atoms with Crippen molar-refractivity contribution in [3.05, 3.63) is 84.2 Å². The van der Waals surface area contributed by atoms with Gasteiger partial charge in [-0.15, -0.1) is 0 Å². The maximum atomic E-state index is 13.4. The third-order valence-corrected chi connectivity index (χ3v) is 5.56. The number of hydrogen-bond donors (Lipinski definition) is 0. The van der Waals surface area contributed by atoms with Gasteiger partial charge in [0.25, 0.3) is 0 Å². The van der Waals surface area contributed by atoms with E-state index in [0.29, 0.717) is 17.0 Å². The molecule has 0 spiro atoms. The topological polar surface area (TPSA) is 0 Å². The molecule has 3 heteroatoms. The third-order valence-electron chi connectivity index (χ3n) is 5.56. The first-order chi connectivity index (χ1) is 13.1. The third kappa shape index (κ3) is 4.91. The lowest BCUT2D eigenvalue weighted by Gasteiger charge is -2.28. The van der Waals surface area contributed by atoms with Gasteiger partial charge < -0.3 is 0 Å². The van der Waals surface area contributed by atoms with E-state index < -0.39 is 17.5 Å². The Balaban J connectivity index is 1.60. The lowest BCUT2D eigenvalue weighted by Crippen LogP contribution is -2.13. The molecule has 0 N–H and O–H groups in total. The van der Waals surface area contributed by atoms with Crippen molar-refractivity contribution in [1.29, 1.82) is 0 Å². The molecule has 1 aliphatic carbocycles. The first-order valence-corrected chi connectivity index (χ1v) is 9.61. The summed E-state index contributed by atoms with van der Waals surface area (Å²) in [5.74, 6) is -2.40. The zero-order valence-electron chi connectivity index (χ0n) is 15.4. The first kappa shape index (κ1) is 19.5. The van der Waals surface area contributed by atoms with E-state index in [9.17, 15) is 13.2 Å². The lowest BCUT2D eigenvalue weighted by molar-refractivity contribution is 0.312. The summed E-state index contributed by atoms with van der Waals surface area (Å²) in [5.41, 5.74) is 2.32. The zero-order valence-corrected chi connectivity index (χ0v) is 15.4. The van der Waals surface area contributed by atoms with Gasteiger partial charge in [-0.1, -0.05) is 49.1 Å². The van der Waals surface area contributed by atoms with Crippen molar-refractivity contribution < 1.29 is 13.2 Å². The van der Waals surface area contributed by atoms with Gasteiger partial charge in [-0.25, -0.2) is 13.2 Å². The minimum absolute atomic E-state index is 0.356. The second-order valence-corrected chi connectivity index (χ2v) is 7.33. The van der Waals surface area contributed by atoms with Crippen LogP contribution in [0.25, 0.3) is 11.1 Å². The Bertz CT molecular complexity index is 774. The normalized spacial score (nSPS) is 20.1. The smallest absolute Gasteiger partial charge is 0.194 e. The quantitative estimate of drug-likeness (QED) is 0.363. The molecule has 2 aromatic carbocycles. The summed E-state index contributed by atoms with van der Waals surface area (Å²) in [6.45, 7) is 3.69. The Labute approximate surface area is 159 Å². The van der Waals surface area contributed by atoms with Crippen molar-refractivity contribution in [3.8, 4) is 11.1 Å². The Morgan fingerprint density at radius 2 is 1.52 bits per heavy atom.